The second-order valence-corrected chi connectivity index (χ2v) is 13.6. The van der Waals surface area contributed by atoms with E-state index in [2.05, 4.69) is 5.32 Å². The number of aliphatic hydroxyl groups excluding tert-OH is 2. The van der Waals surface area contributed by atoms with Gasteiger partial charge in [-0.2, -0.15) is 0 Å². The molecule has 3 N–H and O–H groups in total. The van der Waals surface area contributed by atoms with Gasteiger partial charge >= 0.3 is 5.97 Å². The van der Waals surface area contributed by atoms with E-state index in [-0.39, 0.29) is 25.7 Å². The van der Waals surface area contributed by atoms with Gasteiger partial charge in [-0.05, 0) is 38.8 Å². The van der Waals surface area contributed by atoms with E-state index in [1.54, 1.807) is 33.9 Å². The average molecular weight is 671 g/mol. The zero-order chi connectivity index (χ0) is 35.2. The first-order valence-electron chi connectivity index (χ1n) is 16.7. The largest absolute Gasteiger partial charge is 0.460 e. The third-order valence-corrected chi connectivity index (χ3v) is 8.73. The molecule has 1 aliphatic heterocycles. The van der Waals surface area contributed by atoms with Gasteiger partial charge in [0.25, 0.3) is 0 Å². The number of hydrogen-bond donors (Lipinski definition) is 3. The molecule has 5 rings (SSSR count). The molecule has 2 amide bonds. The second kappa shape index (κ2) is 15.5. The number of rotatable bonds is 12. The zero-order valence-corrected chi connectivity index (χ0v) is 28.5. The maximum Gasteiger partial charge on any atom is 0.306 e. The van der Waals surface area contributed by atoms with E-state index in [0.29, 0.717) is 5.57 Å². The molecule has 0 radical (unpaired) electrons. The number of aliphatic hydroxyl groups is 2. The van der Waals surface area contributed by atoms with Crippen molar-refractivity contribution < 1.29 is 38.8 Å². The molecular weight excluding hydrogens is 624 g/mol. The quantitative estimate of drug-likeness (QED) is 0.246. The summed E-state index contributed by atoms with van der Waals surface area (Å²) in [5.41, 5.74) is 1.99. The van der Waals surface area contributed by atoms with Crippen LogP contribution in [0.4, 0.5) is 0 Å². The number of amides is 2. The van der Waals surface area contributed by atoms with Crippen molar-refractivity contribution in [3.05, 3.63) is 119 Å². The predicted molar refractivity (Wildman–Crippen MR) is 183 cm³/mol. The molecule has 5 atom stereocenters. The van der Waals surface area contributed by atoms with Crippen molar-refractivity contribution in [1.29, 1.82) is 0 Å². The van der Waals surface area contributed by atoms with Crippen LogP contribution in [0.5, 0.6) is 0 Å². The maximum atomic E-state index is 14.1. The normalized spacial score (nSPS) is 21.1. The number of esters is 1. The number of hydrogen-bond acceptors (Lipinski definition) is 8. The van der Waals surface area contributed by atoms with Gasteiger partial charge in [0.15, 0.2) is 0 Å². The number of nitrogens with zero attached hydrogens (tertiary/aromatic N) is 1. The molecule has 5 unspecified atom stereocenters. The molecule has 0 bridgehead atoms. The summed E-state index contributed by atoms with van der Waals surface area (Å²) >= 11 is 0. The SMILES string of the molecule is CN(C(=O)C1=CC2OC(c3ccccc3)(c3ccccc3)OC2C(O)C1)C(Cc1ccccc1)C(=O)NC(CO)CCC(=O)OC(C)(C)C. The first-order chi connectivity index (χ1) is 23.4. The molecule has 10 heteroatoms. The Hall–Kier alpha value is -4.35. The Balaban J connectivity index is 1.37. The van der Waals surface area contributed by atoms with E-state index < -0.39 is 66.2 Å². The van der Waals surface area contributed by atoms with E-state index >= 15 is 0 Å². The van der Waals surface area contributed by atoms with Crippen LogP contribution in [0.25, 0.3) is 0 Å². The Bertz CT molecular complexity index is 1570. The summed E-state index contributed by atoms with van der Waals surface area (Å²) in [7, 11) is 1.55. The lowest BCUT2D eigenvalue weighted by atomic mass is 9.91. The van der Waals surface area contributed by atoms with Crippen molar-refractivity contribution in [2.45, 2.75) is 88.2 Å². The zero-order valence-electron chi connectivity index (χ0n) is 28.5. The standard InChI is InChI=1S/C39H46N2O8/c1-38(2,3)48-34(44)21-20-30(25-42)40-36(45)31(22-26-14-8-5-9-15-26)41(4)37(46)27-23-32(43)35-33(24-27)47-39(49-35,28-16-10-6-11-17-28)29-18-12-7-13-19-29/h5-19,24,30-33,35,42-43H,20-23,25H2,1-4H3,(H,40,45). The van der Waals surface area contributed by atoms with Crippen LogP contribution in [-0.4, -0.2) is 82.5 Å². The molecule has 49 heavy (non-hydrogen) atoms. The van der Waals surface area contributed by atoms with Crippen LogP contribution < -0.4 is 5.32 Å². The summed E-state index contributed by atoms with van der Waals surface area (Å²) < 4.78 is 18.5. The van der Waals surface area contributed by atoms with Crippen LogP contribution in [0.15, 0.2) is 103 Å². The number of carbonyl (C=O) groups excluding carboxylic acids is 3. The molecule has 0 aromatic heterocycles. The van der Waals surface area contributed by atoms with Gasteiger partial charge in [0, 0.05) is 43.0 Å². The van der Waals surface area contributed by atoms with E-state index in [4.69, 9.17) is 14.2 Å². The van der Waals surface area contributed by atoms with Gasteiger partial charge in [0.2, 0.25) is 17.6 Å². The second-order valence-electron chi connectivity index (χ2n) is 13.6. The molecule has 1 aliphatic carbocycles. The number of benzene rings is 3. The third kappa shape index (κ3) is 8.63. The van der Waals surface area contributed by atoms with Crippen molar-refractivity contribution in [3.63, 3.8) is 0 Å². The number of carbonyl (C=O) groups is 3. The molecule has 2 aliphatic rings. The van der Waals surface area contributed by atoms with E-state index in [9.17, 15) is 24.6 Å². The molecule has 3 aromatic rings. The highest BCUT2D eigenvalue weighted by Crippen LogP contribution is 2.46. The smallest absolute Gasteiger partial charge is 0.306 e. The van der Waals surface area contributed by atoms with Crippen LogP contribution in [0, 0.1) is 0 Å². The lowest BCUT2D eigenvalue weighted by Crippen LogP contribution is -2.53. The fraction of sp³-hybridized carbons (Fsp3) is 0.410. The summed E-state index contributed by atoms with van der Waals surface area (Å²) in [5, 5.41) is 24.2. The highest BCUT2D eigenvalue weighted by atomic mass is 16.8. The van der Waals surface area contributed by atoms with Crippen LogP contribution in [0.3, 0.4) is 0 Å². The van der Waals surface area contributed by atoms with Gasteiger partial charge in [-0.15, -0.1) is 0 Å². The molecule has 1 saturated heterocycles. The number of ether oxygens (including phenoxy) is 3. The van der Waals surface area contributed by atoms with Crippen molar-refractivity contribution in [2.24, 2.45) is 0 Å². The Morgan fingerprint density at radius 1 is 0.939 bits per heavy atom. The number of likely N-dealkylation sites (N-methyl/N-ethyl adjacent to an activating group) is 1. The van der Waals surface area contributed by atoms with Gasteiger partial charge in [-0.25, -0.2) is 0 Å². The predicted octanol–water partition coefficient (Wildman–Crippen LogP) is 4.03. The van der Waals surface area contributed by atoms with E-state index in [1.807, 2.05) is 91.0 Å². The molecule has 260 valence electrons. The van der Waals surface area contributed by atoms with E-state index in [0.717, 1.165) is 16.7 Å². The molecule has 3 aromatic carbocycles. The molecule has 0 saturated carbocycles. The Labute approximate surface area is 287 Å². The minimum atomic E-state index is -1.30. The van der Waals surface area contributed by atoms with E-state index in [1.165, 1.54) is 4.90 Å². The van der Waals surface area contributed by atoms with Crippen LogP contribution in [0.1, 0.15) is 56.7 Å². The van der Waals surface area contributed by atoms with Gasteiger partial charge in [0.05, 0.1) is 18.8 Å². The first-order valence-corrected chi connectivity index (χ1v) is 16.7. The van der Waals surface area contributed by atoms with Crippen molar-refractivity contribution >= 4 is 17.8 Å². The molecule has 1 heterocycles. The van der Waals surface area contributed by atoms with Crippen LogP contribution in [-0.2, 0) is 40.8 Å². The number of nitrogens with one attached hydrogen (secondary N) is 1. The molecule has 1 fully saturated rings. The summed E-state index contributed by atoms with van der Waals surface area (Å²) in [4.78, 5) is 41.6. The summed E-state index contributed by atoms with van der Waals surface area (Å²) in [5.74, 6) is -2.65. The Morgan fingerprint density at radius 2 is 1.51 bits per heavy atom. The highest BCUT2D eigenvalue weighted by Gasteiger charge is 2.53. The Morgan fingerprint density at radius 3 is 2.06 bits per heavy atom. The summed E-state index contributed by atoms with van der Waals surface area (Å²) in [6, 6.07) is 26.6. The van der Waals surface area contributed by atoms with Crippen molar-refractivity contribution in [3.8, 4) is 0 Å². The summed E-state index contributed by atoms with van der Waals surface area (Å²) in [6.45, 7) is 4.92. The third-order valence-electron chi connectivity index (χ3n) is 8.73. The monoisotopic (exact) mass is 670 g/mol. The topological polar surface area (TPSA) is 135 Å². The van der Waals surface area contributed by atoms with Crippen LogP contribution in [0.2, 0.25) is 0 Å². The van der Waals surface area contributed by atoms with Gasteiger partial charge in [-0.1, -0.05) is 91.0 Å². The minimum Gasteiger partial charge on any atom is -0.460 e. The molecular formula is C39H46N2O8. The lowest BCUT2D eigenvalue weighted by Gasteiger charge is -2.32. The molecule has 0 spiro atoms. The maximum absolute atomic E-state index is 14.1. The van der Waals surface area contributed by atoms with Crippen molar-refractivity contribution in [1.82, 2.24) is 10.2 Å². The number of fused-ring (bicyclic) bond motifs is 1. The van der Waals surface area contributed by atoms with Crippen molar-refractivity contribution in [2.75, 3.05) is 13.7 Å². The minimum absolute atomic E-state index is 0.00217. The Kier molecular flexibility index (Phi) is 11.3. The lowest BCUT2D eigenvalue weighted by molar-refractivity contribution is -0.156. The van der Waals surface area contributed by atoms with Gasteiger partial charge < -0.3 is 34.6 Å². The van der Waals surface area contributed by atoms with Crippen LogP contribution >= 0.6 is 0 Å². The fourth-order valence-electron chi connectivity index (χ4n) is 6.29. The average Bonchev–Trinajstić information content (AvgIpc) is 3.50. The highest BCUT2D eigenvalue weighted by molar-refractivity contribution is 5.97. The van der Waals surface area contributed by atoms with Gasteiger partial charge in [0.1, 0.15) is 23.9 Å². The molecule has 10 nitrogen and oxygen atoms in total. The fourth-order valence-corrected chi connectivity index (χ4v) is 6.29. The first kappa shape index (κ1) is 35.9. The van der Waals surface area contributed by atoms with Gasteiger partial charge in [-0.3, -0.25) is 14.4 Å². The summed E-state index contributed by atoms with van der Waals surface area (Å²) in [6.07, 6.45) is -0.471.